The molecule has 0 unspecified atom stereocenters. The van der Waals surface area contributed by atoms with Gasteiger partial charge in [0.25, 0.3) is 10.1 Å². The molecule has 1 aliphatic rings. The lowest BCUT2D eigenvalue weighted by Gasteiger charge is -2.37. The van der Waals surface area contributed by atoms with Crippen LogP contribution in [0.5, 0.6) is 0 Å². The lowest BCUT2D eigenvalue weighted by Crippen LogP contribution is -2.64. The fourth-order valence-corrected chi connectivity index (χ4v) is 2.59. The monoisotopic (exact) mass is 375 g/mol. The van der Waals surface area contributed by atoms with E-state index < -0.39 is 39.9 Å². The van der Waals surface area contributed by atoms with E-state index in [0.29, 0.717) is 4.90 Å². The molecule has 0 aromatic rings. The van der Waals surface area contributed by atoms with Crippen LogP contribution in [0.4, 0.5) is 31.1 Å². The Morgan fingerprint density at radius 1 is 1.09 bits per heavy atom. The predicted molar refractivity (Wildman–Crippen MR) is 60.1 cm³/mol. The standard InChI is InChI=1S/C9H11F6NO6S/c10-8(11,12)7(9(13,14)15,5-23(18,19)20)22-6(17)16-1-3-21-4-2-16/h1-5H2,(H,18,19,20). The summed E-state index contributed by atoms with van der Waals surface area (Å²) >= 11 is 0. The first-order valence-corrected chi connectivity index (χ1v) is 7.45. The van der Waals surface area contributed by atoms with Crippen LogP contribution in [0, 0.1) is 0 Å². The van der Waals surface area contributed by atoms with Gasteiger partial charge in [-0.1, -0.05) is 0 Å². The Morgan fingerprint density at radius 3 is 1.87 bits per heavy atom. The van der Waals surface area contributed by atoms with Gasteiger partial charge in [-0.15, -0.1) is 0 Å². The summed E-state index contributed by atoms with van der Waals surface area (Å²) in [5.41, 5.74) is -5.39. The van der Waals surface area contributed by atoms with Gasteiger partial charge in [0.2, 0.25) is 0 Å². The molecule has 0 aliphatic carbocycles. The Balaban J connectivity index is 3.24. The van der Waals surface area contributed by atoms with Gasteiger partial charge in [-0.25, -0.2) is 4.79 Å². The summed E-state index contributed by atoms with van der Waals surface area (Å²) in [4.78, 5) is 12.1. The first-order chi connectivity index (χ1) is 10.2. The highest BCUT2D eigenvalue weighted by Gasteiger charge is 2.76. The van der Waals surface area contributed by atoms with Crippen molar-refractivity contribution in [1.29, 1.82) is 0 Å². The number of morpholine rings is 1. The van der Waals surface area contributed by atoms with E-state index in [2.05, 4.69) is 4.74 Å². The van der Waals surface area contributed by atoms with Crippen molar-refractivity contribution < 1.29 is 53.6 Å². The zero-order valence-corrected chi connectivity index (χ0v) is 12.0. The van der Waals surface area contributed by atoms with Crippen molar-refractivity contribution >= 4 is 16.2 Å². The predicted octanol–water partition coefficient (Wildman–Crippen LogP) is 1.21. The van der Waals surface area contributed by atoms with Crippen molar-refractivity contribution in [3.05, 3.63) is 0 Å². The van der Waals surface area contributed by atoms with E-state index in [9.17, 15) is 39.6 Å². The summed E-state index contributed by atoms with van der Waals surface area (Å²) in [5.74, 6) is -2.90. The van der Waals surface area contributed by atoms with Crippen LogP contribution in [-0.4, -0.2) is 74.0 Å². The smallest absolute Gasteiger partial charge is 0.422 e. The largest absolute Gasteiger partial charge is 0.438 e. The summed E-state index contributed by atoms with van der Waals surface area (Å²) < 4.78 is 115. The maximum Gasteiger partial charge on any atom is 0.438 e. The summed E-state index contributed by atoms with van der Waals surface area (Å²) in [7, 11) is -5.78. The maximum absolute atomic E-state index is 12.9. The van der Waals surface area contributed by atoms with Crippen molar-refractivity contribution in [1.82, 2.24) is 4.90 Å². The molecule has 1 aliphatic heterocycles. The number of hydrogen-bond acceptors (Lipinski definition) is 5. The van der Waals surface area contributed by atoms with Gasteiger partial charge < -0.3 is 14.4 Å². The molecule has 0 atom stereocenters. The molecule has 1 rings (SSSR count). The molecule has 0 bridgehead atoms. The number of halogens is 6. The van der Waals surface area contributed by atoms with Crippen LogP contribution in [0.3, 0.4) is 0 Å². The van der Waals surface area contributed by atoms with Gasteiger partial charge in [-0.3, -0.25) is 4.55 Å². The molecule has 136 valence electrons. The molecule has 1 N–H and O–H groups in total. The van der Waals surface area contributed by atoms with E-state index >= 15 is 0 Å². The average Bonchev–Trinajstić information content (AvgIpc) is 2.34. The first-order valence-electron chi connectivity index (χ1n) is 5.84. The van der Waals surface area contributed by atoms with E-state index in [0.717, 1.165) is 0 Å². The average molecular weight is 375 g/mol. The highest BCUT2D eigenvalue weighted by Crippen LogP contribution is 2.47. The second-order valence-corrected chi connectivity index (χ2v) is 5.97. The number of carbonyl (C=O) groups is 1. The second kappa shape index (κ2) is 6.32. The van der Waals surface area contributed by atoms with E-state index in [-0.39, 0.29) is 26.3 Å². The molecule has 1 amide bonds. The molecule has 1 saturated heterocycles. The van der Waals surface area contributed by atoms with E-state index in [1.165, 1.54) is 0 Å². The minimum Gasteiger partial charge on any atom is -0.422 e. The Bertz CT molecular complexity index is 524. The zero-order valence-electron chi connectivity index (χ0n) is 11.1. The summed E-state index contributed by atoms with van der Waals surface area (Å²) in [6.45, 7) is -0.954. The van der Waals surface area contributed by atoms with Gasteiger partial charge in [-0.05, 0) is 0 Å². The number of ether oxygens (including phenoxy) is 2. The van der Waals surface area contributed by atoms with Crippen LogP contribution < -0.4 is 0 Å². The molecular formula is C9H11F6NO6S. The van der Waals surface area contributed by atoms with Gasteiger partial charge in [0.1, 0.15) is 5.75 Å². The minimum absolute atomic E-state index is 0.140. The van der Waals surface area contributed by atoms with E-state index in [1.807, 2.05) is 0 Å². The number of rotatable bonds is 3. The second-order valence-electron chi connectivity index (χ2n) is 4.52. The molecule has 1 fully saturated rings. The van der Waals surface area contributed by atoms with Crippen molar-refractivity contribution in [3.8, 4) is 0 Å². The topological polar surface area (TPSA) is 93.1 Å². The SMILES string of the molecule is O=C(OC(CS(=O)(=O)O)(C(F)(F)F)C(F)(F)F)N1CCOCC1. The van der Waals surface area contributed by atoms with Crippen molar-refractivity contribution in [2.45, 2.75) is 18.0 Å². The van der Waals surface area contributed by atoms with Crippen LogP contribution in [0.2, 0.25) is 0 Å². The van der Waals surface area contributed by atoms with Gasteiger partial charge in [0.15, 0.2) is 0 Å². The summed E-state index contributed by atoms with van der Waals surface area (Å²) in [5, 5.41) is 0. The van der Waals surface area contributed by atoms with Gasteiger partial charge in [0, 0.05) is 13.1 Å². The molecule has 23 heavy (non-hydrogen) atoms. The third kappa shape index (κ3) is 4.60. The summed E-state index contributed by atoms with van der Waals surface area (Å²) in [6.07, 6.45) is -14.7. The van der Waals surface area contributed by atoms with E-state index in [4.69, 9.17) is 9.29 Å². The summed E-state index contributed by atoms with van der Waals surface area (Å²) in [6, 6.07) is 0. The molecule has 1 heterocycles. The highest BCUT2D eigenvalue weighted by molar-refractivity contribution is 7.85. The molecule has 7 nitrogen and oxygen atoms in total. The molecule has 0 radical (unpaired) electrons. The van der Waals surface area contributed by atoms with Crippen LogP contribution >= 0.6 is 0 Å². The number of carbonyl (C=O) groups excluding carboxylic acids is 1. The van der Waals surface area contributed by atoms with Crippen molar-refractivity contribution in [2.75, 3.05) is 32.1 Å². The number of nitrogens with zero attached hydrogens (tertiary/aromatic N) is 1. The van der Waals surface area contributed by atoms with Crippen LogP contribution in [0.1, 0.15) is 0 Å². The third-order valence-corrected chi connectivity index (χ3v) is 3.60. The number of hydrogen-bond donors (Lipinski definition) is 1. The highest BCUT2D eigenvalue weighted by atomic mass is 32.2. The number of amides is 1. The quantitative estimate of drug-likeness (QED) is 0.589. The molecular weight excluding hydrogens is 364 g/mol. The first kappa shape index (κ1) is 19.8. The van der Waals surface area contributed by atoms with Crippen LogP contribution in [-0.2, 0) is 19.6 Å². The Labute approximate surface area is 125 Å². The lowest BCUT2D eigenvalue weighted by atomic mass is 10.1. The van der Waals surface area contributed by atoms with E-state index in [1.54, 1.807) is 0 Å². The third-order valence-electron chi connectivity index (χ3n) is 2.83. The molecule has 0 aromatic heterocycles. The lowest BCUT2D eigenvalue weighted by molar-refractivity contribution is -0.358. The molecule has 14 heteroatoms. The Hall–Kier alpha value is -1.28. The zero-order chi connectivity index (χ0) is 18.1. The van der Waals surface area contributed by atoms with Gasteiger partial charge in [-0.2, -0.15) is 34.8 Å². The Morgan fingerprint density at radius 2 is 1.52 bits per heavy atom. The van der Waals surface area contributed by atoms with Crippen molar-refractivity contribution in [2.24, 2.45) is 0 Å². The fourth-order valence-electron chi connectivity index (χ4n) is 1.69. The van der Waals surface area contributed by atoms with Gasteiger partial charge >= 0.3 is 24.0 Å². The molecule has 0 aromatic carbocycles. The normalized spacial score (nSPS) is 18.0. The molecule has 0 spiro atoms. The Kier molecular flexibility index (Phi) is 5.43. The van der Waals surface area contributed by atoms with Crippen molar-refractivity contribution in [3.63, 3.8) is 0 Å². The molecule has 0 saturated carbocycles. The maximum atomic E-state index is 12.9. The minimum atomic E-state index is -6.33. The fraction of sp³-hybridized carbons (Fsp3) is 0.889. The van der Waals surface area contributed by atoms with Crippen LogP contribution in [0.25, 0.3) is 0 Å². The van der Waals surface area contributed by atoms with Gasteiger partial charge in [0.05, 0.1) is 13.2 Å². The van der Waals surface area contributed by atoms with Crippen LogP contribution in [0.15, 0.2) is 0 Å². The number of alkyl halides is 6.